The van der Waals surface area contributed by atoms with Crippen molar-refractivity contribution in [3.8, 4) is 17.2 Å². The van der Waals surface area contributed by atoms with Crippen LogP contribution in [0.3, 0.4) is 0 Å². The summed E-state index contributed by atoms with van der Waals surface area (Å²) in [5, 5.41) is 20.9. The smallest absolute Gasteiger partial charge is 0.317 e. The Morgan fingerprint density at radius 3 is 2.24 bits per heavy atom. The first-order valence-corrected chi connectivity index (χ1v) is 4.94. The summed E-state index contributed by atoms with van der Waals surface area (Å²) < 4.78 is 9.96. The molecule has 0 aliphatic heterocycles. The lowest BCUT2D eigenvalue weighted by Crippen LogP contribution is -2.21. The fraction of sp³-hybridized carbons (Fsp3) is 0.364. The largest absolute Gasteiger partial charge is 0.502 e. The highest BCUT2D eigenvalue weighted by molar-refractivity contribution is 5.69. The quantitative estimate of drug-likeness (QED) is 0.675. The normalized spacial score (nSPS) is 10.0. The minimum Gasteiger partial charge on any atom is -0.502 e. The fourth-order valence-electron chi connectivity index (χ4n) is 1.36. The third kappa shape index (κ3) is 3.53. The molecule has 0 bridgehead atoms. The van der Waals surface area contributed by atoms with E-state index in [-0.39, 0.29) is 23.8 Å². The number of phenolic OH excluding ortho intramolecular Hbond substituents is 1. The molecular formula is C11H15NO5. The minimum atomic E-state index is -0.928. The average molecular weight is 241 g/mol. The van der Waals surface area contributed by atoms with Crippen molar-refractivity contribution in [1.82, 2.24) is 5.32 Å². The van der Waals surface area contributed by atoms with Gasteiger partial charge in [0.2, 0.25) is 5.75 Å². The zero-order valence-corrected chi connectivity index (χ0v) is 9.69. The van der Waals surface area contributed by atoms with E-state index in [1.54, 1.807) is 12.1 Å². The lowest BCUT2D eigenvalue weighted by Gasteiger charge is -2.11. The van der Waals surface area contributed by atoms with Crippen LogP contribution in [-0.2, 0) is 11.3 Å². The van der Waals surface area contributed by atoms with Crippen molar-refractivity contribution in [3.05, 3.63) is 17.7 Å². The highest BCUT2D eigenvalue weighted by Gasteiger charge is 2.11. The van der Waals surface area contributed by atoms with Gasteiger partial charge in [0.15, 0.2) is 11.5 Å². The molecule has 0 spiro atoms. The van der Waals surface area contributed by atoms with Crippen LogP contribution < -0.4 is 14.8 Å². The average Bonchev–Trinajstić information content (AvgIpc) is 2.30. The maximum atomic E-state index is 10.3. The third-order valence-corrected chi connectivity index (χ3v) is 2.14. The van der Waals surface area contributed by atoms with Gasteiger partial charge in [0.1, 0.15) is 0 Å². The zero-order chi connectivity index (χ0) is 12.8. The number of carbonyl (C=O) groups is 1. The van der Waals surface area contributed by atoms with Crippen LogP contribution in [0.5, 0.6) is 17.2 Å². The Morgan fingerprint density at radius 2 is 1.82 bits per heavy atom. The Balaban J connectivity index is 2.82. The first-order chi connectivity index (χ1) is 8.08. The Bertz CT molecular complexity index is 380. The van der Waals surface area contributed by atoms with Gasteiger partial charge in [-0.3, -0.25) is 4.79 Å². The molecule has 0 radical (unpaired) electrons. The second-order valence-corrected chi connectivity index (χ2v) is 3.35. The second-order valence-electron chi connectivity index (χ2n) is 3.35. The molecule has 0 aromatic heterocycles. The van der Waals surface area contributed by atoms with Crippen molar-refractivity contribution in [2.24, 2.45) is 0 Å². The van der Waals surface area contributed by atoms with Crippen LogP contribution in [0.4, 0.5) is 0 Å². The van der Waals surface area contributed by atoms with Crippen LogP contribution in [-0.4, -0.2) is 36.9 Å². The van der Waals surface area contributed by atoms with Crippen molar-refractivity contribution < 1.29 is 24.5 Å². The van der Waals surface area contributed by atoms with E-state index in [4.69, 9.17) is 14.6 Å². The number of hydrogen-bond acceptors (Lipinski definition) is 5. The van der Waals surface area contributed by atoms with Crippen LogP contribution >= 0.6 is 0 Å². The van der Waals surface area contributed by atoms with Crippen LogP contribution in [0, 0.1) is 0 Å². The third-order valence-electron chi connectivity index (χ3n) is 2.14. The van der Waals surface area contributed by atoms with E-state index in [0.717, 1.165) is 5.56 Å². The molecular weight excluding hydrogens is 226 g/mol. The Hall–Kier alpha value is -1.95. The van der Waals surface area contributed by atoms with Gasteiger partial charge in [-0.25, -0.2) is 0 Å². The molecule has 6 nitrogen and oxygen atoms in total. The summed E-state index contributed by atoms with van der Waals surface area (Å²) in [6.45, 7) is 0.213. The monoisotopic (exact) mass is 241 g/mol. The summed E-state index contributed by atoms with van der Waals surface area (Å²) in [5.74, 6) is -0.423. The predicted molar refractivity (Wildman–Crippen MR) is 60.6 cm³/mol. The summed E-state index contributed by atoms with van der Waals surface area (Å²) in [6, 6.07) is 3.24. The number of aromatic hydroxyl groups is 1. The van der Waals surface area contributed by atoms with E-state index in [1.807, 2.05) is 0 Å². The van der Waals surface area contributed by atoms with Gasteiger partial charge in [0.25, 0.3) is 0 Å². The summed E-state index contributed by atoms with van der Waals surface area (Å²) in [6.07, 6.45) is 0. The number of hydrogen-bond donors (Lipinski definition) is 3. The zero-order valence-electron chi connectivity index (χ0n) is 9.69. The molecule has 0 saturated carbocycles. The Kier molecular flexibility index (Phi) is 4.59. The first-order valence-electron chi connectivity index (χ1n) is 4.94. The summed E-state index contributed by atoms with van der Waals surface area (Å²) in [5.41, 5.74) is 0.762. The van der Waals surface area contributed by atoms with Crippen LogP contribution in [0.2, 0.25) is 0 Å². The number of phenols is 1. The SMILES string of the molecule is COc1cc(CNCC(=O)O)cc(OC)c1O. The molecule has 0 amide bonds. The number of benzene rings is 1. The molecule has 17 heavy (non-hydrogen) atoms. The molecule has 0 heterocycles. The lowest BCUT2D eigenvalue weighted by molar-refractivity contribution is -0.135. The van der Waals surface area contributed by atoms with Gasteiger partial charge in [-0.2, -0.15) is 0 Å². The van der Waals surface area contributed by atoms with Crippen molar-refractivity contribution in [1.29, 1.82) is 0 Å². The van der Waals surface area contributed by atoms with Gasteiger partial charge in [-0.1, -0.05) is 0 Å². The van der Waals surface area contributed by atoms with Crippen molar-refractivity contribution in [3.63, 3.8) is 0 Å². The highest BCUT2D eigenvalue weighted by Crippen LogP contribution is 2.36. The van der Waals surface area contributed by atoms with E-state index in [1.165, 1.54) is 14.2 Å². The van der Waals surface area contributed by atoms with Gasteiger partial charge in [0.05, 0.1) is 20.8 Å². The number of methoxy groups -OCH3 is 2. The second kappa shape index (κ2) is 5.95. The molecule has 3 N–H and O–H groups in total. The van der Waals surface area contributed by atoms with Gasteiger partial charge < -0.3 is 25.0 Å². The van der Waals surface area contributed by atoms with Crippen molar-refractivity contribution >= 4 is 5.97 Å². The van der Waals surface area contributed by atoms with E-state index in [9.17, 15) is 9.90 Å². The van der Waals surface area contributed by atoms with Crippen LogP contribution in [0.1, 0.15) is 5.56 Å². The van der Waals surface area contributed by atoms with E-state index >= 15 is 0 Å². The maximum Gasteiger partial charge on any atom is 0.317 e. The Labute approximate surface area is 98.8 Å². The summed E-state index contributed by atoms with van der Waals surface area (Å²) in [4.78, 5) is 10.3. The van der Waals surface area contributed by atoms with Crippen LogP contribution in [0.25, 0.3) is 0 Å². The van der Waals surface area contributed by atoms with Gasteiger partial charge in [0, 0.05) is 6.54 Å². The lowest BCUT2D eigenvalue weighted by atomic mass is 10.2. The van der Waals surface area contributed by atoms with Crippen molar-refractivity contribution in [2.75, 3.05) is 20.8 Å². The molecule has 0 unspecified atom stereocenters. The molecule has 0 aliphatic rings. The Morgan fingerprint density at radius 1 is 1.29 bits per heavy atom. The first kappa shape index (κ1) is 13.1. The molecule has 0 atom stereocenters. The predicted octanol–water partition coefficient (Wildman–Crippen LogP) is 0.584. The number of nitrogens with one attached hydrogen (secondary N) is 1. The van der Waals surface area contributed by atoms with Gasteiger partial charge in [-0.15, -0.1) is 0 Å². The number of carboxylic acid groups (broad SMARTS) is 1. The summed E-state index contributed by atoms with van der Waals surface area (Å²) >= 11 is 0. The van der Waals surface area contributed by atoms with Crippen molar-refractivity contribution in [2.45, 2.75) is 6.54 Å². The molecule has 1 aromatic rings. The van der Waals surface area contributed by atoms with Gasteiger partial charge >= 0.3 is 5.97 Å². The molecule has 0 saturated heterocycles. The molecule has 0 fully saturated rings. The molecule has 1 aromatic carbocycles. The highest BCUT2D eigenvalue weighted by atomic mass is 16.5. The van der Waals surface area contributed by atoms with E-state index in [2.05, 4.69) is 5.32 Å². The molecule has 0 aliphatic carbocycles. The standard InChI is InChI=1S/C11H15NO5/c1-16-8-3-7(5-12-6-10(13)14)4-9(17-2)11(8)15/h3-4,12,15H,5-6H2,1-2H3,(H,13,14). The topological polar surface area (TPSA) is 88.0 Å². The number of rotatable bonds is 6. The fourth-order valence-corrected chi connectivity index (χ4v) is 1.36. The minimum absolute atomic E-state index is 0.0722. The van der Waals surface area contributed by atoms with E-state index < -0.39 is 5.97 Å². The number of aliphatic carboxylic acids is 1. The molecule has 6 heteroatoms. The number of ether oxygens (including phenoxy) is 2. The maximum absolute atomic E-state index is 10.3. The summed E-state index contributed by atoms with van der Waals surface area (Å²) in [7, 11) is 2.87. The van der Waals surface area contributed by atoms with Gasteiger partial charge in [-0.05, 0) is 17.7 Å². The molecule has 94 valence electrons. The number of carboxylic acids is 1. The van der Waals surface area contributed by atoms with E-state index in [0.29, 0.717) is 6.54 Å². The van der Waals surface area contributed by atoms with Crippen LogP contribution in [0.15, 0.2) is 12.1 Å². The molecule has 1 rings (SSSR count).